The average molecular weight is 972 g/mol. The Bertz CT molecular complexity index is 2980. The van der Waals surface area contributed by atoms with Crippen molar-refractivity contribution in [2.45, 2.75) is 75.8 Å². The van der Waals surface area contributed by atoms with E-state index in [2.05, 4.69) is 30.3 Å². The maximum Gasteiger partial charge on any atom is 0.490 e. The number of halogens is 5. The Morgan fingerprint density at radius 2 is 1.43 bits per heavy atom. The maximum absolute atomic E-state index is 14.8. The van der Waals surface area contributed by atoms with Crippen molar-refractivity contribution in [1.82, 2.24) is 40.5 Å². The molecule has 70 heavy (non-hydrogen) atoms. The lowest BCUT2D eigenvalue weighted by molar-refractivity contribution is -0.192. The van der Waals surface area contributed by atoms with E-state index in [-0.39, 0.29) is 23.7 Å². The van der Waals surface area contributed by atoms with Crippen LogP contribution in [-0.4, -0.2) is 110 Å². The van der Waals surface area contributed by atoms with E-state index in [1.54, 1.807) is 37.3 Å². The van der Waals surface area contributed by atoms with Gasteiger partial charge in [0.15, 0.2) is 0 Å². The monoisotopic (exact) mass is 971 g/mol. The number of likely N-dealkylation sites (tertiary alicyclic amines) is 1. The highest BCUT2D eigenvalue weighted by atomic mass is 19.4. The van der Waals surface area contributed by atoms with Crippen LogP contribution in [0.3, 0.4) is 0 Å². The van der Waals surface area contributed by atoms with Gasteiger partial charge in [-0.2, -0.15) is 13.2 Å². The number of para-hydroxylation sites is 1. The summed E-state index contributed by atoms with van der Waals surface area (Å²) < 4.78 is 70.9. The summed E-state index contributed by atoms with van der Waals surface area (Å²) in [7, 11) is 2.45. The average Bonchev–Trinajstić information content (AvgIpc) is 4.15. The number of rotatable bonds is 9. The number of carboxylic acid groups (broad SMARTS) is 1. The first kappa shape index (κ1) is 48.5. The molecule has 366 valence electrons. The highest BCUT2D eigenvalue weighted by molar-refractivity contribution is 6.02. The third-order valence-corrected chi connectivity index (χ3v) is 12.4. The van der Waals surface area contributed by atoms with Gasteiger partial charge in [-0.25, -0.2) is 33.1 Å². The van der Waals surface area contributed by atoms with Crippen LogP contribution in [-0.2, 0) is 36.7 Å². The van der Waals surface area contributed by atoms with Crippen LogP contribution in [0.2, 0.25) is 0 Å². The number of methoxy groups -OCH3 is 2. The Kier molecular flexibility index (Phi) is 13.3. The summed E-state index contributed by atoms with van der Waals surface area (Å²) in [6.45, 7) is 2.64. The third-order valence-electron chi connectivity index (χ3n) is 12.4. The van der Waals surface area contributed by atoms with Crippen LogP contribution in [0.15, 0.2) is 85.3 Å². The van der Waals surface area contributed by atoms with Gasteiger partial charge in [-0.05, 0) is 58.7 Å². The highest BCUT2D eigenvalue weighted by Crippen LogP contribution is 2.45. The van der Waals surface area contributed by atoms with E-state index >= 15 is 0 Å². The molecule has 3 aromatic carbocycles. The van der Waals surface area contributed by atoms with Gasteiger partial charge in [0.25, 0.3) is 5.92 Å². The molecule has 0 saturated carbocycles. The number of hydrogen-bond donors (Lipinski definition) is 5. The number of alkyl halides is 5. The second-order valence-electron chi connectivity index (χ2n) is 17.4. The van der Waals surface area contributed by atoms with E-state index in [1.807, 2.05) is 66.7 Å². The maximum atomic E-state index is 14.8. The molecule has 3 aromatic heterocycles. The number of imidazole rings is 2. The lowest BCUT2D eigenvalue weighted by atomic mass is 10.0. The topological polar surface area (TPSA) is 225 Å². The van der Waals surface area contributed by atoms with Gasteiger partial charge in [0.2, 0.25) is 11.8 Å². The molecular weight excluding hydrogens is 926 g/mol. The molecule has 3 aliphatic rings. The van der Waals surface area contributed by atoms with E-state index < -0.39 is 67.3 Å². The van der Waals surface area contributed by atoms with Crippen LogP contribution in [0.1, 0.15) is 61.5 Å². The smallest absolute Gasteiger partial charge is 0.475 e. The van der Waals surface area contributed by atoms with Crippen LogP contribution < -0.4 is 15.5 Å². The number of pyridine rings is 1. The molecule has 3 aliphatic heterocycles. The summed E-state index contributed by atoms with van der Waals surface area (Å²) in [6, 6.07) is 18.6. The summed E-state index contributed by atoms with van der Waals surface area (Å²) in [5.74, 6) is -6.25. The van der Waals surface area contributed by atoms with E-state index in [0.717, 1.165) is 60.6 Å². The quantitative estimate of drug-likeness (QED) is 0.0876. The number of hydrogen-bond acceptors (Lipinski definition) is 10. The zero-order chi connectivity index (χ0) is 50.2. The SMILES string of the molecule is COC(=O)N[C@H]1CCc2cccc3c2N(C1=O)[C@H](c1ncc(-c2cnc4cc(-c5ccc(-c6cnc([C@@H]7CC(F)(F)CN7C(=O)[C@@H](NC(=O)OC)C(C)C)[nH]6)cc5)ccc4c2)[nH]1)C3.O=C(O)C(F)(F)F. The minimum atomic E-state index is -5.08. The normalized spacial score (nSPS) is 18.7. The fraction of sp³-hybridized carbons (Fsp3) is 0.333. The Morgan fingerprint density at radius 1 is 0.814 bits per heavy atom. The lowest BCUT2D eigenvalue weighted by Crippen LogP contribution is -2.51. The minimum Gasteiger partial charge on any atom is -0.475 e. The summed E-state index contributed by atoms with van der Waals surface area (Å²) >= 11 is 0. The number of alkyl carbamates (subject to hydrolysis) is 2. The standard InChI is InChI=1S/C46H45F2N9O6.C2HF3O2/c1-24(2)38(55-45(61)63-4)43(59)56-23-46(47,48)19-37(56)41-51-21-34(52-41)26-10-8-25(9-11-26)28-12-13-29-16-31(20-49-33(29)17-28)35-22-50-40(53-35)36-18-30-7-5-6-27-14-15-32(54-44(60)62-3)42(58)57(36)39(27)30;3-2(4,5)1(6)7/h5-13,16-17,20-22,24,32,36-38H,14-15,18-19,23H2,1-4H3,(H,50,53)(H,51,52)(H,54,60)(H,55,61);(H,6,7)/t32-,36-,37-,38-;/m0./s1. The number of aryl methyl sites for hydroxylation is 1. The number of nitrogens with zero attached hydrogens (tertiary/aromatic N) is 5. The number of amides is 4. The first-order valence-electron chi connectivity index (χ1n) is 22.0. The van der Waals surface area contributed by atoms with E-state index in [0.29, 0.717) is 30.8 Å². The van der Waals surface area contributed by atoms with Gasteiger partial charge in [0, 0.05) is 30.0 Å². The van der Waals surface area contributed by atoms with Crippen molar-refractivity contribution in [2.75, 3.05) is 25.7 Å². The van der Waals surface area contributed by atoms with Crippen LogP contribution in [0.25, 0.3) is 44.5 Å². The molecular formula is C48H46F5N9O8. The number of aromatic nitrogens is 5. The van der Waals surface area contributed by atoms with Crippen molar-refractivity contribution >= 4 is 46.6 Å². The Balaban J connectivity index is 0.000000876. The molecule has 9 rings (SSSR count). The second kappa shape index (κ2) is 19.2. The van der Waals surface area contributed by atoms with Gasteiger partial charge in [0.1, 0.15) is 23.7 Å². The number of aliphatic carboxylic acids is 1. The molecule has 0 bridgehead atoms. The van der Waals surface area contributed by atoms with Gasteiger partial charge >= 0.3 is 24.3 Å². The van der Waals surface area contributed by atoms with Crippen molar-refractivity contribution in [3.8, 4) is 33.6 Å². The molecule has 6 heterocycles. The molecule has 5 N–H and O–H groups in total. The molecule has 1 saturated heterocycles. The number of anilines is 1. The number of ether oxygens (including phenoxy) is 2. The highest BCUT2D eigenvalue weighted by Gasteiger charge is 2.50. The van der Waals surface area contributed by atoms with Crippen molar-refractivity contribution in [3.05, 3.63) is 108 Å². The van der Waals surface area contributed by atoms with E-state index in [1.165, 1.54) is 14.2 Å². The van der Waals surface area contributed by atoms with Crippen LogP contribution in [0.5, 0.6) is 0 Å². The first-order valence-corrected chi connectivity index (χ1v) is 22.0. The minimum absolute atomic E-state index is 0.205. The molecule has 4 atom stereocenters. The van der Waals surface area contributed by atoms with Crippen molar-refractivity contribution in [2.24, 2.45) is 5.92 Å². The molecule has 0 aliphatic carbocycles. The van der Waals surface area contributed by atoms with E-state index in [9.17, 15) is 41.1 Å². The predicted octanol–water partition coefficient (Wildman–Crippen LogP) is 7.91. The second-order valence-corrected chi connectivity index (χ2v) is 17.4. The van der Waals surface area contributed by atoms with Gasteiger partial charge < -0.3 is 40.1 Å². The van der Waals surface area contributed by atoms with Crippen LogP contribution in [0.4, 0.5) is 37.2 Å². The molecule has 17 nitrogen and oxygen atoms in total. The molecule has 4 amide bonds. The van der Waals surface area contributed by atoms with Gasteiger partial charge in [-0.3, -0.25) is 19.5 Å². The number of carbonyl (C=O) groups is 5. The number of carbonyl (C=O) groups excluding carboxylic acids is 4. The largest absolute Gasteiger partial charge is 0.490 e. The Morgan fingerprint density at radius 3 is 2.07 bits per heavy atom. The Labute approximate surface area is 395 Å². The fourth-order valence-electron chi connectivity index (χ4n) is 8.95. The number of fused-ring (bicyclic) bond motifs is 1. The molecule has 0 radical (unpaired) electrons. The zero-order valence-corrected chi connectivity index (χ0v) is 37.9. The molecule has 0 spiro atoms. The van der Waals surface area contributed by atoms with Gasteiger partial charge in [-0.1, -0.05) is 68.4 Å². The molecule has 1 fully saturated rings. The summed E-state index contributed by atoms with van der Waals surface area (Å²) in [4.78, 5) is 83.9. The number of carboxylic acids is 1. The third kappa shape index (κ3) is 9.97. The van der Waals surface area contributed by atoms with Crippen molar-refractivity contribution in [1.29, 1.82) is 0 Å². The van der Waals surface area contributed by atoms with Gasteiger partial charge in [0.05, 0.1) is 67.8 Å². The lowest BCUT2D eigenvalue weighted by Gasteiger charge is -2.29. The zero-order valence-electron chi connectivity index (χ0n) is 37.9. The fourth-order valence-corrected chi connectivity index (χ4v) is 8.95. The number of H-pyrrole nitrogens is 2. The molecule has 22 heteroatoms. The summed E-state index contributed by atoms with van der Waals surface area (Å²) in [5, 5.41) is 13.2. The number of nitrogens with one attached hydrogen (secondary N) is 4. The predicted molar refractivity (Wildman–Crippen MR) is 242 cm³/mol. The Hall–Kier alpha value is -7.91. The number of benzene rings is 3. The van der Waals surface area contributed by atoms with Crippen LogP contribution in [0, 0.1) is 5.92 Å². The van der Waals surface area contributed by atoms with Crippen LogP contribution >= 0.6 is 0 Å². The summed E-state index contributed by atoms with van der Waals surface area (Å²) in [6.07, 6.45) is -0.395. The molecule has 6 aromatic rings. The van der Waals surface area contributed by atoms with E-state index in [4.69, 9.17) is 24.6 Å². The molecule has 0 unspecified atom stereocenters. The summed E-state index contributed by atoms with van der Waals surface area (Å²) in [5.41, 5.74) is 8.60. The van der Waals surface area contributed by atoms with Gasteiger partial charge in [-0.15, -0.1) is 0 Å². The number of aromatic amines is 2. The van der Waals surface area contributed by atoms with Crippen molar-refractivity contribution in [3.63, 3.8) is 0 Å². The van der Waals surface area contributed by atoms with Crippen molar-refractivity contribution < 1.29 is 60.5 Å². The first-order chi connectivity index (χ1) is 33.2.